The molecule has 0 saturated carbocycles. The van der Waals surface area contributed by atoms with Gasteiger partial charge in [-0.3, -0.25) is 4.68 Å². The third-order valence-corrected chi connectivity index (χ3v) is 5.06. The molecule has 3 rings (SSSR count). The number of halogens is 4. The highest BCUT2D eigenvalue weighted by Crippen LogP contribution is 2.34. The van der Waals surface area contributed by atoms with Gasteiger partial charge < -0.3 is 10.0 Å². The molecule has 0 aromatic carbocycles. The van der Waals surface area contributed by atoms with Crippen molar-refractivity contribution in [3.63, 3.8) is 0 Å². The molecule has 0 amide bonds. The van der Waals surface area contributed by atoms with Crippen LogP contribution < -0.4 is 4.90 Å². The first-order valence-electron chi connectivity index (χ1n) is 8.80. The van der Waals surface area contributed by atoms with Gasteiger partial charge in [0, 0.05) is 38.2 Å². The summed E-state index contributed by atoms with van der Waals surface area (Å²) in [5.41, 5.74) is 1.76. The Morgan fingerprint density at radius 2 is 1.96 bits per heavy atom. The molecule has 1 saturated heterocycles. The summed E-state index contributed by atoms with van der Waals surface area (Å²) < 4.78 is 38.1. The number of nitrogens with zero attached hydrogens (tertiary/aromatic N) is 4. The summed E-state index contributed by atoms with van der Waals surface area (Å²) in [7, 11) is 0. The van der Waals surface area contributed by atoms with Crippen LogP contribution in [-0.2, 0) is 6.54 Å². The molecule has 150 valence electrons. The second-order valence-corrected chi connectivity index (χ2v) is 7.66. The van der Waals surface area contributed by atoms with Gasteiger partial charge in [0.1, 0.15) is 11.7 Å². The Hall–Kier alpha value is -2.24. The highest BCUT2D eigenvalue weighted by Gasteiger charge is 2.30. The number of aliphatic hydroxyl groups excluding tert-OH is 1. The minimum atomic E-state index is -4.33. The molecule has 28 heavy (non-hydrogen) atoms. The second kappa shape index (κ2) is 8.02. The van der Waals surface area contributed by atoms with Crippen molar-refractivity contribution in [3.8, 4) is 11.8 Å². The molecule has 0 bridgehead atoms. The minimum absolute atomic E-state index is 0.0910. The summed E-state index contributed by atoms with van der Waals surface area (Å²) >= 11 is 6.06. The van der Waals surface area contributed by atoms with E-state index in [1.165, 1.54) is 12.4 Å². The van der Waals surface area contributed by atoms with Crippen molar-refractivity contribution in [1.29, 1.82) is 0 Å². The number of aromatic nitrogens is 3. The lowest BCUT2D eigenvalue weighted by Gasteiger charge is -2.39. The monoisotopic (exact) mass is 412 g/mol. The fourth-order valence-electron chi connectivity index (χ4n) is 3.06. The molecule has 0 aliphatic carbocycles. The normalized spacial score (nSPS) is 16.6. The van der Waals surface area contributed by atoms with Crippen molar-refractivity contribution < 1.29 is 18.3 Å². The van der Waals surface area contributed by atoms with Crippen LogP contribution in [0.15, 0.2) is 24.7 Å². The molecule has 2 aromatic heterocycles. The van der Waals surface area contributed by atoms with Crippen molar-refractivity contribution in [3.05, 3.63) is 40.9 Å². The molecule has 1 fully saturated rings. The van der Waals surface area contributed by atoms with Crippen molar-refractivity contribution in [2.24, 2.45) is 5.41 Å². The molecule has 0 spiro atoms. The van der Waals surface area contributed by atoms with Gasteiger partial charge >= 0.3 is 6.18 Å². The lowest BCUT2D eigenvalue weighted by Crippen LogP contribution is -2.40. The van der Waals surface area contributed by atoms with Crippen LogP contribution >= 0.6 is 11.6 Å². The van der Waals surface area contributed by atoms with Crippen molar-refractivity contribution in [2.45, 2.75) is 32.5 Å². The van der Waals surface area contributed by atoms with E-state index in [1.807, 2.05) is 0 Å². The zero-order valence-electron chi connectivity index (χ0n) is 15.3. The van der Waals surface area contributed by atoms with Gasteiger partial charge in [-0.1, -0.05) is 30.4 Å². The predicted molar refractivity (Wildman–Crippen MR) is 100 cm³/mol. The highest BCUT2D eigenvalue weighted by molar-refractivity contribution is 6.29. The van der Waals surface area contributed by atoms with Crippen LogP contribution in [0, 0.1) is 17.3 Å². The highest BCUT2D eigenvalue weighted by atomic mass is 35.5. The maximum atomic E-state index is 12.4. The van der Waals surface area contributed by atoms with Gasteiger partial charge in [-0.2, -0.15) is 18.3 Å². The number of hydrogen-bond acceptors (Lipinski definition) is 4. The van der Waals surface area contributed by atoms with Crippen LogP contribution in [0.2, 0.25) is 5.15 Å². The topological polar surface area (TPSA) is 54.2 Å². The van der Waals surface area contributed by atoms with Gasteiger partial charge in [-0.05, 0) is 18.3 Å². The zero-order valence-corrected chi connectivity index (χ0v) is 16.1. The van der Waals surface area contributed by atoms with E-state index in [2.05, 4.69) is 33.7 Å². The molecule has 0 atom stereocenters. The van der Waals surface area contributed by atoms with E-state index in [4.69, 9.17) is 11.6 Å². The van der Waals surface area contributed by atoms with E-state index in [0.717, 1.165) is 36.3 Å². The van der Waals surface area contributed by atoms with Crippen LogP contribution in [-0.4, -0.2) is 45.7 Å². The number of piperidine rings is 1. The van der Waals surface area contributed by atoms with Gasteiger partial charge in [0.15, 0.2) is 0 Å². The molecule has 3 heterocycles. The quantitative estimate of drug-likeness (QED) is 0.619. The molecule has 0 unspecified atom stereocenters. The van der Waals surface area contributed by atoms with Gasteiger partial charge in [-0.15, -0.1) is 0 Å². The molecule has 0 radical (unpaired) electrons. The van der Waals surface area contributed by atoms with Crippen LogP contribution in [0.4, 0.5) is 18.9 Å². The van der Waals surface area contributed by atoms with Crippen molar-refractivity contribution >= 4 is 17.3 Å². The first kappa shape index (κ1) is 20.5. The van der Waals surface area contributed by atoms with Gasteiger partial charge in [0.2, 0.25) is 0 Å². The van der Waals surface area contributed by atoms with Crippen molar-refractivity contribution in [2.75, 3.05) is 24.6 Å². The number of rotatable bonds is 3. The average Bonchev–Trinajstić information content (AvgIpc) is 3.07. The van der Waals surface area contributed by atoms with E-state index in [-0.39, 0.29) is 12.0 Å². The lowest BCUT2D eigenvalue weighted by atomic mass is 9.81. The van der Waals surface area contributed by atoms with E-state index in [0.29, 0.717) is 16.3 Å². The molecule has 2 aromatic rings. The van der Waals surface area contributed by atoms with Gasteiger partial charge in [0.05, 0.1) is 23.0 Å². The average molecular weight is 413 g/mol. The first-order valence-corrected chi connectivity index (χ1v) is 9.18. The van der Waals surface area contributed by atoms with E-state index >= 15 is 0 Å². The Labute approximate surface area is 166 Å². The zero-order chi connectivity index (χ0) is 20.4. The summed E-state index contributed by atoms with van der Waals surface area (Å²) in [6.45, 7) is 2.54. The maximum absolute atomic E-state index is 12.4. The third kappa shape index (κ3) is 5.18. The summed E-state index contributed by atoms with van der Waals surface area (Å²) in [5, 5.41) is 13.6. The molecule has 1 aliphatic heterocycles. The predicted octanol–water partition coefficient (Wildman–Crippen LogP) is 3.49. The fourth-order valence-corrected chi connectivity index (χ4v) is 3.21. The first-order chi connectivity index (χ1) is 13.2. The van der Waals surface area contributed by atoms with Crippen LogP contribution in [0.1, 0.15) is 30.9 Å². The smallest absolute Gasteiger partial charge is 0.396 e. The lowest BCUT2D eigenvalue weighted by molar-refractivity contribution is -0.142. The molecule has 1 aliphatic rings. The summed E-state index contributed by atoms with van der Waals surface area (Å²) in [6.07, 6.45) is 1.46. The van der Waals surface area contributed by atoms with E-state index in [1.54, 1.807) is 12.3 Å². The number of alkyl halides is 3. The van der Waals surface area contributed by atoms with Crippen molar-refractivity contribution in [1.82, 2.24) is 14.8 Å². The largest absolute Gasteiger partial charge is 0.408 e. The Morgan fingerprint density at radius 1 is 1.25 bits per heavy atom. The summed E-state index contributed by atoms with van der Waals surface area (Å²) in [4.78, 5) is 6.21. The number of pyridine rings is 1. The Kier molecular flexibility index (Phi) is 5.87. The van der Waals surface area contributed by atoms with Crippen LogP contribution in [0.3, 0.4) is 0 Å². The van der Waals surface area contributed by atoms with Gasteiger partial charge in [-0.25, -0.2) is 4.98 Å². The number of hydrogen-bond donors (Lipinski definition) is 1. The molecular formula is C19H20ClF3N4O. The Balaban J connectivity index is 1.80. The standard InChI is InChI=1S/C19H20ClF3N4O/c1-18(13-28)4-6-26(7-5-18)16-8-17(20)24-10-15(16)3-2-14-9-25-27(11-14)12-19(21,22)23/h8-11,28H,4-7,12-13H2,1H3. The minimum Gasteiger partial charge on any atom is -0.396 e. The summed E-state index contributed by atoms with van der Waals surface area (Å²) in [6, 6.07) is 1.74. The molecule has 1 N–H and O–H groups in total. The Bertz CT molecular complexity index is 893. The molecule has 9 heteroatoms. The van der Waals surface area contributed by atoms with Crippen LogP contribution in [0.25, 0.3) is 0 Å². The third-order valence-electron chi connectivity index (χ3n) is 4.86. The molecule has 5 nitrogen and oxygen atoms in total. The number of aliphatic hydroxyl groups is 1. The van der Waals surface area contributed by atoms with E-state index < -0.39 is 12.7 Å². The number of anilines is 1. The SMILES string of the molecule is CC1(CO)CCN(c2cc(Cl)ncc2C#Cc2cnn(CC(F)(F)F)c2)CC1. The van der Waals surface area contributed by atoms with E-state index in [9.17, 15) is 18.3 Å². The van der Waals surface area contributed by atoms with Crippen LogP contribution in [0.5, 0.6) is 0 Å². The maximum Gasteiger partial charge on any atom is 0.408 e. The van der Waals surface area contributed by atoms with Gasteiger partial charge in [0.25, 0.3) is 0 Å². The Morgan fingerprint density at radius 3 is 2.61 bits per heavy atom. The second-order valence-electron chi connectivity index (χ2n) is 7.27. The fraction of sp³-hybridized carbons (Fsp3) is 0.474. The summed E-state index contributed by atoms with van der Waals surface area (Å²) in [5.74, 6) is 5.81. The molecular weight excluding hydrogens is 393 g/mol.